The number of carbonyl (C=O) groups is 1. The van der Waals surface area contributed by atoms with Crippen molar-refractivity contribution in [3.63, 3.8) is 0 Å². The normalized spacial score (nSPS) is 11.4. The van der Waals surface area contributed by atoms with Gasteiger partial charge in [-0.15, -0.1) is 0 Å². The average molecular weight is 317 g/mol. The van der Waals surface area contributed by atoms with Gasteiger partial charge in [0.1, 0.15) is 5.52 Å². The third kappa shape index (κ3) is 3.45. The summed E-state index contributed by atoms with van der Waals surface area (Å²) in [6, 6.07) is 3.33. The van der Waals surface area contributed by atoms with Crippen LogP contribution >= 0.6 is 0 Å². The number of nitrogens with zero attached hydrogens (tertiary/aromatic N) is 1. The van der Waals surface area contributed by atoms with Crippen molar-refractivity contribution in [1.29, 1.82) is 0 Å². The molecule has 0 unspecified atom stereocenters. The van der Waals surface area contributed by atoms with Gasteiger partial charge in [-0.3, -0.25) is 20.2 Å². The summed E-state index contributed by atoms with van der Waals surface area (Å²) in [6.45, 7) is 0.244. The summed E-state index contributed by atoms with van der Waals surface area (Å²) in [4.78, 5) is 23.0. The molecule has 2 N–H and O–H groups in total. The van der Waals surface area contributed by atoms with Crippen LogP contribution in [0.4, 0.5) is 24.5 Å². The largest absolute Gasteiger partial charge is 0.482 e. The summed E-state index contributed by atoms with van der Waals surface area (Å²) in [5, 5.41) is 12.3. The van der Waals surface area contributed by atoms with Crippen LogP contribution in [0.5, 0.6) is 0 Å². The van der Waals surface area contributed by atoms with E-state index in [0.29, 0.717) is 5.69 Å². The molecule has 2 rings (SSSR count). The highest BCUT2D eigenvalue weighted by Crippen LogP contribution is 2.34. The number of nitro benzene ring substituents is 1. The number of hydrogen-bond donors (Lipinski definition) is 2. The van der Waals surface area contributed by atoms with Crippen molar-refractivity contribution >= 4 is 28.7 Å². The molecule has 0 aliphatic rings. The lowest BCUT2D eigenvalue weighted by Crippen LogP contribution is -2.20. The molecule has 1 heterocycles. The highest BCUT2D eigenvalue weighted by Gasteiger charge is 2.29. The smallest absolute Gasteiger partial charge is 0.467 e. The summed E-state index contributed by atoms with van der Waals surface area (Å²) < 4.78 is 41.9. The topological polar surface area (TPSA) is 97.3 Å². The van der Waals surface area contributed by atoms with Crippen LogP contribution in [-0.2, 0) is 16.0 Å². The zero-order valence-corrected chi connectivity index (χ0v) is 10.9. The summed E-state index contributed by atoms with van der Waals surface area (Å²) >= 11 is 0. The number of aromatic nitrogens is 1. The van der Waals surface area contributed by atoms with Crippen molar-refractivity contribution in [2.75, 3.05) is 11.9 Å². The minimum atomic E-state index is -4.67. The maximum absolute atomic E-state index is 12.5. The molecule has 2 aromatic rings. The number of anilines is 1. The fourth-order valence-electron chi connectivity index (χ4n) is 2.03. The SMILES string of the molecule is O=COCCc1cc2c(NC(F)(F)F)ccc([N+](=O)[O-])c2[nH]1. The molecule has 0 atom stereocenters. The Hall–Kier alpha value is -2.78. The first-order valence-corrected chi connectivity index (χ1v) is 6.01. The number of rotatable bonds is 6. The van der Waals surface area contributed by atoms with E-state index in [9.17, 15) is 28.1 Å². The quantitative estimate of drug-likeness (QED) is 0.281. The number of nitro groups is 1. The van der Waals surface area contributed by atoms with Gasteiger partial charge in [-0.1, -0.05) is 0 Å². The number of halogens is 3. The first-order chi connectivity index (χ1) is 10.3. The zero-order chi connectivity index (χ0) is 16.3. The van der Waals surface area contributed by atoms with E-state index >= 15 is 0 Å². The van der Waals surface area contributed by atoms with Crippen LogP contribution in [0.1, 0.15) is 5.69 Å². The molecule has 0 aliphatic heterocycles. The maximum atomic E-state index is 12.5. The average Bonchev–Trinajstić information content (AvgIpc) is 2.81. The number of fused-ring (bicyclic) bond motifs is 1. The number of ether oxygens (including phenoxy) is 1. The molecule has 1 aromatic heterocycles. The van der Waals surface area contributed by atoms with Crippen LogP contribution in [0.25, 0.3) is 10.9 Å². The summed E-state index contributed by atoms with van der Waals surface area (Å²) in [7, 11) is 0. The molecule has 0 saturated heterocycles. The molecule has 10 heteroatoms. The Bertz CT molecular complexity index is 711. The molecule has 0 spiro atoms. The Morgan fingerprint density at radius 2 is 2.14 bits per heavy atom. The predicted molar refractivity (Wildman–Crippen MR) is 70.4 cm³/mol. The van der Waals surface area contributed by atoms with Gasteiger partial charge < -0.3 is 9.72 Å². The second-order valence-corrected chi connectivity index (χ2v) is 4.31. The standard InChI is InChI=1S/C12H10F3N3O4/c13-12(14,15)17-9-1-2-10(18(20)21)11-8(9)5-7(16-11)3-4-22-6-19/h1-2,5-6,16-17H,3-4H2. The predicted octanol–water partition coefficient (Wildman–Crippen LogP) is 2.72. The Labute approximate surface area is 121 Å². The number of H-pyrrole nitrogens is 1. The van der Waals surface area contributed by atoms with E-state index < -0.39 is 11.2 Å². The van der Waals surface area contributed by atoms with E-state index in [4.69, 9.17) is 0 Å². The maximum Gasteiger partial charge on any atom is 0.482 e. The third-order valence-electron chi connectivity index (χ3n) is 2.86. The highest BCUT2D eigenvalue weighted by atomic mass is 19.4. The van der Waals surface area contributed by atoms with Crippen LogP contribution in [0.3, 0.4) is 0 Å². The summed E-state index contributed by atoms with van der Waals surface area (Å²) in [5.74, 6) is 0. The Morgan fingerprint density at radius 1 is 1.41 bits per heavy atom. The van der Waals surface area contributed by atoms with Gasteiger partial charge in [0.15, 0.2) is 0 Å². The Kier molecular flexibility index (Phi) is 4.20. The van der Waals surface area contributed by atoms with Gasteiger partial charge in [0, 0.05) is 23.6 Å². The Balaban J connectivity index is 2.47. The van der Waals surface area contributed by atoms with E-state index in [2.05, 4.69) is 9.72 Å². The van der Waals surface area contributed by atoms with Gasteiger partial charge >= 0.3 is 6.30 Å². The van der Waals surface area contributed by atoms with Gasteiger partial charge in [-0.2, -0.15) is 13.2 Å². The van der Waals surface area contributed by atoms with Crippen LogP contribution in [-0.4, -0.2) is 29.3 Å². The van der Waals surface area contributed by atoms with E-state index in [1.54, 1.807) is 0 Å². The number of alkyl halides is 3. The monoisotopic (exact) mass is 317 g/mol. The second-order valence-electron chi connectivity index (χ2n) is 4.31. The zero-order valence-electron chi connectivity index (χ0n) is 10.9. The van der Waals surface area contributed by atoms with Crippen molar-refractivity contribution in [3.8, 4) is 0 Å². The minimum absolute atomic E-state index is 0.00610. The molecular weight excluding hydrogens is 307 g/mol. The summed E-state index contributed by atoms with van der Waals surface area (Å²) in [6.07, 6.45) is -4.48. The molecule has 1 aromatic carbocycles. The molecule has 118 valence electrons. The first-order valence-electron chi connectivity index (χ1n) is 6.01. The molecule has 0 saturated carbocycles. The fraction of sp³-hybridized carbons (Fsp3) is 0.250. The molecule has 0 fully saturated rings. The lowest BCUT2D eigenvalue weighted by Gasteiger charge is -2.10. The second kappa shape index (κ2) is 5.92. The van der Waals surface area contributed by atoms with Gasteiger partial charge in [0.2, 0.25) is 0 Å². The van der Waals surface area contributed by atoms with Gasteiger partial charge in [-0.25, -0.2) is 0 Å². The van der Waals surface area contributed by atoms with Crippen LogP contribution < -0.4 is 5.32 Å². The van der Waals surface area contributed by atoms with Gasteiger partial charge in [0.25, 0.3) is 12.2 Å². The van der Waals surface area contributed by atoms with Crippen molar-refractivity contribution < 1.29 is 27.6 Å². The number of carbonyl (C=O) groups excluding carboxylic acids is 1. The van der Waals surface area contributed by atoms with Crippen molar-refractivity contribution in [2.24, 2.45) is 0 Å². The van der Waals surface area contributed by atoms with Crippen LogP contribution in [0.15, 0.2) is 18.2 Å². The lowest BCUT2D eigenvalue weighted by molar-refractivity contribution is -0.383. The lowest BCUT2D eigenvalue weighted by atomic mass is 10.2. The molecule has 0 aliphatic carbocycles. The summed E-state index contributed by atoms with van der Waals surface area (Å²) in [5.41, 5.74) is -0.256. The third-order valence-corrected chi connectivity index (χ3v) is 2.86. The first kappa shape index (κ1) is 15.6. The molecule has 0 radical (unpaired) electrons. The minimum Gasteiger partial charge on any atom is -0.467 e. The number of aromatic amines is 1. The van der Waals surface area contributed by atoms with Gasteiger partial charge in [0.05, 0.1) is 17.2 Å². The molecule has 0 amide bonds. The molecule has 22 heavy (non-hydrogen) atoms. The van der Waals surface area contributed by atoms with Crippen molar-refractivity contribution in [1.82, 2.24) is 4.98 Å². The van der Waals surface area contributed by atoms with Crippen molar-refractivity contribution in [3.05, 3.63) is 34.0 Å². The Morgan fingerprint density at radius 3 is 2.73 bits per heavy atom. The fourth-order valence-corrected chi connectivity index (χ4v) is 2.03. The van der Waals surface area contributed by atoms with E-state index in [0.717, 1.165) is 12.1 Å². The molecule has 7 nitrogen and oxygen atoms in total. The number of benzene rings is 1. The van der Waals surface area contributed by atoms with Crippen molar-refractivity contribution in [2.45, 2.75) is 12.7 Å². The van der Waals surface area contributed by atoms with Crippen LogP contribution in [0, 0.1) is 10.1 Å². The van der Waals surface area contributed by atoms with E-state index in [1.807, 2.05) is 0 Å². The number of hydrogen-bond acceptors (Lipinski definition) is 5. The highest BCUT2D eigenvalue weighted by molar-refractivity contribution is 5.98. The van der Waals surface area contributed by atoms with Crippen LogP contribution in [0.2, 0.25) is 0 Å². The number of non-ortho nitro benzene ring substituents is 1. The molecular formula is C12H10F3N3O4. The molecule has 0 bridgehead atoms. The van der Waals surface area contributed by atoms with E-state index in [-0.39, 0.29) is 41.8 Å². The van der Waals surface area contributed by atoms with E-state index in [1.165, 1.54) is 11.4 Å². The van der Waals surface area contributed by atoms with Gasteiger partial charge in [-0.05, 0) is 12.1 Å². The number of nitrogens with one attached hydrogen (secondary N) is 2.